The number of hydrogen-bond donors (Lipinski definition) is 1. The summed E-state index contributed by atoms with van der Waals surface area (Å²) in [6, 6.07) is 7.48. The van der Waals surface area contributed by atoms with Gasteiger partial charge in [-0.2, -0.15) is 5.26 Å². The van der Waals surface area contributed by atoms with Crippen molar-refractivity contribution in [1.82, 2.24) is 0 Å². The van der Waals surface area contributed by atoms with Crippen LogP contribution in [0.25, 0.3) is 0 Å². The minimum absolute atomic E-state index is 0.00381. The number of non-ortho nitro benzene ring substituents is 1. The summed E-state index contributed by atoms with van der Waals surface area (Å²) in [5, 5.41) is 18.8. The average Bonchev–Trinajstić information content (AvgIpc) is 2.18. The summed E-state index contributed by atoms with van der Waals surface area (Å²) in [7, 11) is 0. The molecule has 0 fully saturated rings. The Morgan fingerprint density at radius 2 is 2.36 bits per heavy atom. The number of benzene rings is 1. The summed E-state index contributed by atoms with van der Waals surface area (Å²) < 4.78 is 0. The van der Waals surface area contributed by atoms with Crippen LogP contribution in [-0.4, -0.2) is 4.92 Å². The van der Waals surface area contributed by atoms with Crippen molar-refractivity contribution in [2.24, 2.45) is 5.73 Å². The molecule has 1 atom stereocenters. The number of nitro groups is 1. The fourth-order valence-electron chi connectivity index (χ4n) is 1.09. The van der Waals surface area contributed by atoms with Crippen LogP contribution in [0.4, 0.5) is 5.69 Å². The predicted molar refractivity (Wildman–Crippen MR) is 50.3 cm³/mol. The van der Waals surface area contributed by atoms with Gasteiger partial charge in [-0.15, -0.1) is 0 Å². The fourth-order valence-corrected chi connectivity index (χ4v) is 1.09. The van der Waals surface area contributed by atoms with Crippen molar-refractivity contribution < 1.29 is 4.92 Å². The molecule has 1 rings (SSSR count). The highest BCUT2D eigenvalue weighted by Crippen LogP contribution is 2.19. The Morgan fingerprint density at radius 1 is 1.64 bits per heavy atom. The molecule has 72 valence electrons. The van der Waals surface area contributed by atoms with E-state index in [9.17, 15) is 10.1 Å². The Balaban J connectivity index is 2.94. The zero-order chi connectivity index (χ0) is 10.6. The third-order valence-electron chi connectivity index (χ3n) is 1.82. The lowest BCUT2D eigenvalue weighted by Crippen LogP contribution is -2.09. The lowest BCUT2D eigenvalue weighted by Gasteiger charge is -2.06. The van der Waals surface area contributed by atoms with Crippen LogP contribution in [0.5, 0.6) is 0 Å². The molecule has 0 unspecified atom stereocenters. The van der Waals surface area contributed by atoms with Crippen LogP contribution in [-0.2, 0) is 0 Å². The smallest absolute Gasteiger partial charge is 0.269 e. The highest BCUT2D eigenvalue weighted by Gasteiger charge is 2.10. The van der Waals surface area contributed by atoms with E-state index >= 15 is 0 Å². The Labute approximate surface area is 80.9 Å². The zero-order valence-corrected chi connectivity index (χ0v) is 7.38. The number of nitrogens with two attached hydrogens (primary N) is 1. The van der Waals surface area contributed by atoms with Gasteiger partial charge < -0.3 is 5.73 Å². The summed E-state index contributed by atoms with van der Waals surface area (Å²) in [5.41, 5.74) is 6.24. The molecule has 5 nitrogen and oxygen atoms in total. The van der Waals surface area contributed by atoms with Crippen molar-refractivity contribution in [2.75, 3.05) is 0 Å². The van der Waals surface area contributed by atoms with Crippen molar-refractivity contribution >= 4 is 5.69 Å². The van der Waals surface area contributed by atoms with Gasteiger partial charge in [0, 0.05) is 18.2 Å². The summed E-state index contributed by atoms with van der Waals surface area (Å²) in [6.45, 7) is 0. The third-order valence-corrected chi connectivity index (χ3v) is 1.82. The average molecular weight is 191 g/mol. The molecular formula is C9H9N3O2. The van der Waals surface area contributed by atoms with Crippen molar-refractivity contribution in [3.05, 3.63) is 39.9 Å². The number of hydrogen-bond acceptors (Lipinski definition) is 4. The van der Waals surface area contributed by atoms with Crippen molar-refractivity contribution in [3.63, 3.8) is 0 Å². The van der Waals surface area contributed by atoms with Crippen LogP contribution in [0, 0.1) is 21.4 Å². The van der Waals surface area contributed by atoms with Crippen molar-refractivity contribution in [3.8, 4) is 6.07 Å². The number of nitro benzene ring substituents is 1. The zero-order valence-electron chi connectivity index (χ0n) is 7.38. The maximum absolute atomic E-state index is 10.4. The fraction of sp³-hybridized carbons (Fsp3) is 0.222. The minimum Gasteiger partial charge on any atom is -0.323 e. The van der Waals surface area contributed by atoms with Crippen LogP contribution in [0.3, 0.4) is 0 Å². The Morgan fingerprint density at radius 3 is 2.93 bits per heavy atom. The van der Waals surface area contributed by atoms with Gasteiger partial charge in [-0.25, -0.2) is 0 Å². The molecule has 0 aliphatic heterocycles. The van der Waals surface area contributed by atoms with Crippen LogP contribution >= 0.6 is 0 Å². The van der Waals surface area contributed by atoms with E-state index in [0.29, 0.717) is 5.56 Å². The molecule has 0 heterocycles. The Bertz CT molecular complexity index is 384. The number of nitrogens with zero attached hydrogens (tertiary/aromatic N) is 2. The molecular weight excluding hydrogens is 182 g/mol. The van der Waals surface area contributed by atoms with E-state index < -0.39 is 11.0 Å². The molecule has 0 radical (unpaired) electrons. The molecule has 1 aromatic carbocycles. The van der Waals surface area contributed by atoms with Gasteiger partial charge in [0.15, 0.2) is 0 Å². The Kier molecular flexibility index (Phi) is 3.15. The molecule has 5 heteroatoms. The van der Waals surface area contributed by atoms with Crippen LogP contribution in [0.1, 0.15) is 18.0 Å². The van der Waals surface area contributed by atoms with Gasteiger partial charge in [-0.05, 0) is 5.56 Å². The van der Waals surface area contributed by atoms with Gasteiger partial charge in [0.1, 0.15) is 0 Å². The normalized spacial score (nSPS) is 11.7. The molecule has 0 bridgehead atoms. The SMILES string of the molecule is N#CC[C@@H](N)c1cccc([N+](=O)[O-])c1. The molecule has 0 amide bonds. The quantitative estimate of drug-likeness (QED) is 0.578. The van der Waals surface area contributed by atoms with Gasteiger partial charge in [-0.1, -0.05) is 12.1 Å². The lowest BCUT2D eigenvalue weighted by molar-refractivity contribution is -0.384. The molecule has 2 N–H and O–H groups in total. The minimum atomic E-state index is -0.484. The maximum Gasteiger partial charge on any atom is 0.269 e. The number of rotatable bonds is 3. The second-order valence-corrected chi connectivity index (χ2v) is 2.82. The molecule has 0 aliphatic rings. The van der Waals surface area contributed by atoms with Crippen molar-refractivity contribution in [2.45, 2.75) is 12.5 Å². The van der Waals surface area contributed by atoms with E-state index in [4.69, 9.17) is 11.0 Å². The second-order valence-electron chi connectivity index (χ2n) is 2.82. The Hall–Kier alpha value is -1.93. The van der Waals surface area contributed by atoms with Gasteiger partial charge in [0.2, 0.25) is 0 Å². The molecule has 0 saturated carbocycles. The van der Waals surface area contributed by atoms with Crippen molar-refractivity contribution in [1.29, 1.82) is 5.26 Å². The molecule has 14 heavy (non-hydrogen) atoms. The maximum atomic E-state index is 10.4. The first-order chi connectivity index (χ1) is 6.65. The largest absolute Gasteiger partial charge is 0.323 e. The van der Waals surface area contributed by atoms with E-state index in [0.717, 1.165) is 0 Å². The highest BCUT2D eigenvalue weighted by molar-refractivity contribution is 5.35. The van der Waals surface area contributed by atoms with Gasteiger partial charge in [0.25, 0.3) is 5.69 Å². The standard InChI is InChI=1S/C9H9N3O2/c10-5-4-9(11)7-2-1-3-8(6-7)12(13)14/h1-3,6,9H,4,11H2/t9-/m1/s1. The van der Waals surface area contributed by atoms with E-state index in [-0.39, 0.29) is 12.1 Å². The molecule has 0 aromatic heterocycles. The van der Waals surface area contributed by atoms with E-state index in [1.54, 1.807) is 12.1 Å². The lowest BCUT2D eigenvalue weighted by atomic mass is 10.1. The van der Waals surface area contributed by atoms with E-state index in [1.165, 1.54) is 12.1 Å². The molecule has 0 aliphatic carbocycles. The van der Waals surface area contributed by atoms with Gasteiger partial charge >= 0.3 is 0 Å². The first kappa shape index (κ1) is 10.2. The summed E-state index contributed by atoms with van der Waals surface area (Å²) in [6.07, 6.45) is 0.154. The van der Waals surface area contributed by atoms with E-state index in [1.807, 2.05) is 6.07 Å². The second kappa shape index (κ2) is 4.35. The monoisotopic (exact) mass is 191 g/mol. The van der Waals surface area contributed by atoms with Crippen LogP contribution in [0.2, 0.25) is 0 Å². The predicted octanol–water partition coefficient (Wildman–Crippen LogP) is 1.51. The molecule has 0 saturated heterocycles. The van der Waals surface area contributed by atoms with Crippen LogP contribution < -0.4 is 5.73 Å². The van der Waals surface area contributed by atoms with E-state index in [2.05, 4.69) is 0 Å². The summed E-state index contributed by atoms with van der Waals surface area (Å²) in [5.74, 6) is 0. The highest BCUT2D eigenvalue weighted by atomic mass is 16.6. The third kappa shape index (κ3) is 2.28. The topological polar surface area (TPSA) is 93.0 Å². The van der Waals surface area contributed by atoms with Gasteiger partial charge in [-0.3, -0.25) is 10.1 Å². The first-order valence-corrected chi connectivity index (χ1v) is 4.02. The summed E-state index contributed by atoms with van der Waals surface area (Å²) >= 11 is 0. The molecule has 1 aromatic rings. The summed E-state index contributed by atoms with van der Waals surface area (Å²) in [4.78, 5) is 9.95. The number of nitriles is 1. The molecule has 0 spiro atoms. The van der Waals surface area contributed by atoms with Gasteiger partial charge in [0.05, 0.1) is 17.4 Å². The first-order valence-electron chi connectivity index (χ1n) is 4.02. The van der Waals surface area contributed by atoms with Crippen LogP contribution in [0.15, 0.2) is 24.3 Å².